The molecule has 0 saturated heterocycles. The Morgan fingerprint density at radius 3 is 2.44 bits per heavy atom. The number of carbonyl (C=O) groups excluding carboxylic acids is 1. The molecule has 5 rings (SSSR count). The highest BCUT2D eigenvalue weighted by Gasteiger charge is 2.36. The van der Waals surface area contributed by atoms with Crippen molar-refractivity contribution < 1.29 is 24.1 Å². The predicted octanol–water partition coefficient (Wildman–Crippen LogP) is 4.62. The van der Waals surface area contributed by atoms with E-state index in [0.717, 1.165) is 22.4 Å². The standard InChI is InChI=1S/C26H24N4O5.ClH/c1-32-20-11-17(12-21(13-20)33-2)14-28-26(31)25(30-23-5-3-4-6-24(23)34-35-30)19-9-7-18(8-10-19)22-15-27-16-29-22;/h3-13,15-16,25H,14H2,1-2H3,(H,27,29)(H,28,31);1H. The highest BCUT2D eigenvalue weighted by molar-refractivity contribution is 5.87. The van der Waals surface area contributed by atoms with Gasteiger partial charge in [-0.1, -0.05) is 41.4 Å². The highest BCUT2D eigenvalue weighted by Crippen LogP contribution is 2.40. The molecule has 3 aromatic carbocycles. The number of hydrogen-bond donors (Lipinski definition) is 2. The Hall–Kier alpha value is -4.21. The number of carbonyl (C=O) groups is 1. The van der Waals surface area contributed by atoms with E-state index < -0.39 is 6.04 Å². The zero-order valence-electron chi connectivity index (χ0n) is 19.6. The molecule has 1 aromatic heterocycles. The van der Waals surface area contributed by atoms with Gasteiger partial charge in [0.2, 0.25) is 5.91 Å². The number of halogens is 1. The molecule has 1 atom stereocenters. The molecule has 0 spiro atoms. The molecule has 0 bridgehead atoms. The van der Waals surface area contributed by atoms with E-state index in [0.29, 0.717) is 22.9 Å². The summed E-state index contributed by atoms with van der Waals surface area (Å²) in [7, 11) is 3.17. The van der Waals surface area contributed by atoms with Crippen LogP contribution >= 0.6 is 12.4 Å². The Balaban J connectivity index is 0.00000304. The minimum atomic E-state index is -0.804. The molecule has 1 aliphatic heterocycles. The number of H-pyrrole nitrogens is 1. The van der Waals surface area contributed by atoms with E-state index >= 15 is 0 Å². The number of aromatic amines is 1. The lowest BCUT2D eigenvalue weighted by Crippen LogP contribution is -2.39. The normalized spacial score (nSPS) is 12.7. The lowest BCUT2D eigenvalue weighted by molar-refractivity contribution is -0.206. The number of para-hydroxylation sites is 2. The van der Waals surface area contributed by atoms with Gasteiger partial charge in [0.1, 0.15) is 17.2 Å². The SMILES string of the molecule is COc1cc(CNC(=O)C(c2ccc(-c3cnc[nH]3)cc2)N2OOc3ccccc32)cc(OC)c1.Cl. The van der Waals surface area contributed by atoms with Gasteiger partial charge in [0, 0.05) is 12.6 Å². The summed E-state index contributed by atoms with van der Waals surface area (Å²) in [6.45, 7) is 0.269. The molecule has 186 valence electrons. The first kappa shape index (κ1) is 24.9. The van der Waals surface area contributed by atoms with Crippen LogP contribution in [0.4, 0.5) is 5.69 Å². The van der Waals surface area contributed by atoms with Crippen LogP contribution in [0.3, 0.4) is 0 Å². The number of aromatic nitrogens is 2. The summed E-state index contributed by atoms with van der Waals surface area (Å²) >= 11 is 0. The van der Waals surface area contributed by atoms with Gasteiger partial charge in [-0.05, 0) is 41.0 Å². The van der Waals surface area contributed by atoms with Crippen molar-refractivity contribution in [2.45, 2.75) is 12.6 Å². The fourth-order valence-corrected chi connectivity index (χ4v) is 3.92. The first-order chi connectivity index (χ1) is 17.2. The van der Waals surface area contributed by atoms with E-state index in [9.17, 15) is 4.79 Å². The summed E-state index contributed by atoms with van der Waals surface area (Å²) < 4.78 is 10.7. The van der Waals surface area contributed by atoms with Crippen molar-refractivity contribution >= 4 is 24.0 Å². The second-order valence-corrected chi connectivity index (χ2v) is 7.88. The van der Waals surface area contributed by atoms with Crippen molar-refractivity contribution in [1.29, 1.82) is 0 Å². The molecule has 2 heterocycles. The number of amides is 1. The van der Waals surface area contributed by atoms with E-state index in [2.05, 4.69) is 15.3 Å². The first-order valence-corrected chi connectivity index (χ1v) is 11.0. The number of nitrogens with one attached hydrogen (secondary N) is 2. The fraction of sp³-hybridized carbons (Fsp3) is 0.154. The highest BCUT2D eigenvalue weighted by atomic mass is 35.5. The number of methoxy groups -OCH3 is 2. The van der Waals surface area contributed by atoms with Gasteiger partial charge in [-0.15, -0.1) is 12.4 Å². The van der Waals surface area contributed by atoms with Crippen molar-refractivity contribution in [3.63, 3.8) is 0 Å². The van der Waals surface area contributed by atoms with Gasteiger partial charge in [-0.25, -0.2) is 4.98 Å². The average molecular weight is 509 g/mol. The summed E-state index contributed by atoms with van der Waals surface area (Å²) in [4.78, 5) is 31.6. The molecule has 10 heteroatoms. The number of nitrogens with zero attached hydrogens (tertiary/aromatic N) is 2. The Bertz CT molecular complexity index is 1290. The van der Waals surface area contributed by atoms with Gasteiger partial charge >= 0.3 is 0 Å². The van der Waals surface area contributed by atoms with Crippen LogP contribution in [-0.2, 0) is 16.3 Å². The molecule has 0 fully saturated rings. The van der Waals surface area contributed by atoms with Crippen molar-refractivity contribution in [3.8, 4) is 28.5 Å². The third kappa shape index (κ3) is 5.07. The topological polar surface area (TPSA) is 97.9 Å². The zero-order chi connectivity index (χ0) is 24.2. The molecule has 2 N–H and O–H groups in total. The number of fused-ring (bicyclic) bond motifs is 1. The summed E-state index contributed by atoms with van der Waals surface area (Å²) in [5, 5.41) is 4.48. The number of anilines is 1. The molecule has 0 aliphatic carbocycles. The van der Waals surface area contributed by atoms with Crippen molar-refractivity contribution in [2.75, 3.05) is 19.3 Å². The van der Waals surface area contributed by atoms with Crippen molar-refractivity contribution in [2.24, 2.45) is 0 Å². The monoisotopic (exact) mass is 508 g/mol. The van der Waals surface area contributed by atoms with E-state index in [1.54, 1.807) is 38.9 Å². The van der Waals surface area contributed by atoms with E-state index in [1.807, 2.05) is 54.6 Å². The molecular weight excluding hydrogens is 484 g/mol. The van der Waals surface area contributed by atoms with Crippen LogP contribution in [-0.4, -0.2) is 30.1 Å². The third-order valence-corrected chi connectivity index (χ3v) is 5.71. The average Bonchev–Trinajstić information content (AvgIpc) is 3.59. The van der Waals surface area contributed by atoms with Crippen molar-refractivity contribution in [1.82, 2.24) is 15.3 Å². The molecule has 1 aliphatic rings. The third-order valence-electron chi connectivity index (χ3n) is 5.71. The van der Waals surface area contributed by atoms with E-state index in [1.165, 1.54) is 5.06 Å². The lowest BCUT2D eigenvalue weighted by Gasteiger charge is -2.25. The van der Waals surface area contributed by atoms with Gasteiger partial charge in [0.15, 0.2) is 11.8 Å². The predicted molar refractivity (Wildman–Crippen MR) is 136 cm³/mol. The maximum Gasteiger partial charge on any atom is 0.250 e. The lowest BCUT2D eigenvalue weighted by atomic mass is 10.0. The number of imidazole rings is 1. The smallest absolute Gasteiger partial charge is 0.250 e. The second kappa shape index (κ2) is 11.0. The van der Waals surface area contributed by atoms with Gasteiger partial charge in [-0.2, -0.15) is 5.06 Å². The maximum absolute atomic E-state index is 13.6. The summed E-state index contributed by atoms with van der Waals surface area (Å²) in [6, 6.07) is 19.6. The summed E-state index contributed by atoms with van der Waals surface area (Å²) in [6.07, 6.45) is 3.37. The molecule has 0 radical (unpaired) electrons. The number of benzene rings is 3. The molecule has 9 nitrogen and oxygen atoms in total. The van der Waals surface area contributed by atoms with Crippen molar-refractivity contribution in [3.05, 3.63) is 90.4 Å². The van der Waals surface area contributed by atoms with Gasteiger partial charge in [0.05, 0.1) is 32.4 Å². The zero-order valence-corrected chi connectivity index (χ0v) is 20.5. The molecular formula is C26H25ClN4O5. The largest absolute Gasteiger partial charge is 0.497 e. The Kier molecular flexibility index (Phi) is 7.62. The number of hydrogen-bond acceptors (Lipinski definition) is 7. The van der Waals surface area contributed by atoms with Crippen LogP contribution in [0.1, 0.15) is 17.2 Å². The Morgan fingerprint density at radius 1 is 1.06 bits per heavy atom. The minimum Gasteiger partial charge on any atom is -0.497 e. The van der Waals surface area contributed by atoms with Crippen LogP contribution in [0.2, 0.25) is 0 Å². The number of hydroxylamine groups is 1. The van der Waals surface area contributed by atoms with Crippen LogP contribution in [0.5, 0.6) is 17.2 Å². The molecule has 36 heavy (non-hydrogen) atoms. The first-order valence-electron chi connectivity index (χ1n) is 11.0. The van der Waals surface area contributed by atoms with Gasteiger partial charge < -0.3 is 24.7 Å². The van der Waals surface area contributed by atoms with E-state index in [4.69, 9.17) is 19.3 Å². The fourth-order valence-electron chi connectivity index (χ4n) is 3.92. The van der Waals surface area contributed by atoms with Crippen LogP contribution in [0, 0.1) is 0 Å². The second-order valence-electron chi connectivity index (χ2n) is 7.88. The Labute approximate surface area is 214 Å². The maximum atomic E-state index is 13.6. The van der Waals surface area contributed by atoms with Crippen LogP contribution in [0.15, 0.2) is 79.3 Å². The molecule has 1 unspecified atom stereocenters. The molecule has 0 saturated carbocycles. The summed E-state index contributed by atoms with van der Waals surface area (Å²) in [5.41, 5.74) is 4.06. The number of rotatable bonds is 8. The van der Waals surface area contributed by atoms with Crippen LogP contribution < -0.4 is 24.7 Å². The quantitative estimate of drug-likeness (QED) is 0.335. The van der Waals surface area contributed by atoms with Gasteiger partial charge in [0.25, 0.3) is 0 Å². The van der Waals surface area contributed by atoms with Gasteiger partial charge in [-0.3, -0.25) is 4.79 Å². The minimum absolute atomic E-state index is 0. The van der Waals surface area contributed by atoms with E-state index in [-0.39, 0.29) is 24.9 Å². The van der Waals surface area contributed by atoms with Crippen LogP contribution in [0.25, 0.3) is 11.3 Å². The number of ether oxygens (including phenoxy) is 2. The molecule has 4 aromatic rings. The summed E-state index contributed by atoms with van der Waals surface area (Å²) in [5.74, 6) is 1.56. The Morgan fingerprint density at radius 2 is 1.78 bits per heavy atom. The molecule has 1 amide bonds.